The molecule has 1 saturated heterocycles. The van der Waals surface area contributed by atoms with E-state index in [1.807, 2.05) is 18.2 Å². The molecule has 5 nitrogen and oxygen atoms in total. The number of ether oxygens (including phenoxy) is 1. The van der Waals surface area contributed by atoms with Gasteiger partial charge in [0.25, 0.3) is 0 Å². The van der Waals surface area contributed by atoms with Gasteiger partial charge in [0.05, 0.1) is 33.0 Å². The van der Waals surface area contributed by atoms with Crippen LogP contribution in [0.4, 0.5) is 0 Å². The third-order valence-electron chi connectivity index (χ3n) is 4.04. The Labute approximate surface area is 148 Å². The van der Waals surface area contributed by atoms with Gasteiger partial charge in [-0.2, -0.15) is 4.31 Å². The summed E-state index contributed by atoms with van der Waals surface area (Å²) in [5, 5.41) is 0.865. The lowest BCUT2D eigenvalue weighted by Gasteiger charge is -2.26. The molecule has 0 amide bonds. The number of sulfonamides is 1. The first-order chi connectivity index (χ1) is 11.5. The summed E-state index contributed by atoms with van der Waals surface area (Å²) in [6.07, 6.45) is 0. The molecular formula is C16H15ClN2O3S2. The van der Waals surface area contributed by atoms with Crippen molar-refractivity contribution in [2.45, 2.75) is 4.90 Å². The largest absolute Gasteiger partial charge is 0.379 e. The smallest absolute Gasteiger partial charge is 0.243 e. The van der Waals surface area contributed by atoms with Crippen molar-refractivity contribution >= 4 is 43.9 Å². The summed E-state index contributed by atoms with van der Waals surface area (Å²) < 4.78 is 32.9. The van der Waals surface area contributed by atoms with Gasteiger partial charge in [-0.3, -0.25) is 0 Å². The van der Waals surface area contributed by atoms with Crippen LogP contribution in [0.2, 0.25) is 4.34 Å². The number of nitrogens with one attached hydrogen (secondary N) is 1. The van der Waals surface area contributed by atoms with Crippen molar-refractivity contribution in [2.75, 3.05) is 26.3 Å². The van der Waals surface area contributed by atoms with Crippen molar-refractivity contribution in [3.05, 3.63) is 40.7 Å². The van der Waals surface area contributed by atoms with E-state index >= 15 is 0 Å². The van der Waals surface area contributed by atoms with E-state index in [-0.39, 0.29) is 0 Å². The lowest BCUT2D eigenvalue weighted by molar-refractivity contribution is 0.0730. The van der Waals surface area contributed by atoms with Crippen LogP contribution >= 0.6 is 22.9 Å². The summed E-state index contributed by atoms with van der Waals surface area (Å²) in [5.41, 5.74) is 1.83. The molecule has 3 heterocycles. The van der Waals surface area contributed by atoms with Gasteiger partial charge in [0.2, 0.25) is 10.0 Å². The summed E-state index contributed by atoms with van der Waals surface area (Å²) in [6.45, 7) is 1.67. The van der Waals surface area contributed by atoms with Crippen LogP contribution in [-0.4, -0.2) is 44.0 Å². The number of hydrogen-bond acceptors (Lipinski definition) is 4. The van der Waals surface area contributed by atoms with Crippen molar-refractivity contribution in [1.82, 2.24) is 9.29 Å². The van der Waals surface area contributed by atoms with Crippen LogP contribution in [0, 0.1) is 0 Å². The second kappa shape index (κ2) is 6.16. The summed E-state index contributed by atoms with van der Waals surface area (Å²) >= 11 is 7.47. The average molecular weight is 383 g/mol. The predicted octanol–water partition coefficient (Wildman–Crippen LogP) is 3.57. The van der Waals surface area contributed by atoms with Gasteiger partial charge in [-0.1, -0.05) is 11.6 Å². The maximum absolute atomic E-state index is 12.8. The fourth-order valence-corrected chi connectivity index (χ4v) is 5.26. The molecule has 2 aromatic heterocycles. The Morgan fingerprint density at radius 2 is 1.92 bits per heavy atom. The first-order valence-electron chi connectivity index (χ1n) is 7.50. The van der Waals surface area contributed by atoms with Gasteiger partial charge in [0.1, 0.15) is 0 Å². The van der Waals surface area contributed by atoms with Crippen LogP contribution in [0.15, 0.2) is 41.3 Å². The molecule has 0 aliphatic carbocycles. The normalized spacial score (nSPS) is 16.7. The topological polar surface area (TPSA) is 62.4 Å². The van der Waals surface area contributed by atoms with Crippen molar-refractivity contribution in [3.63, 3.8) is 0 Å². The molecule has 1 aliphatic rings. The highest BCUT2D eigenvalue weighted by atomic mass is 35.5. The monoisotopic (exact) mass is 382 g/mol. The maximum Gasteiger partial charge on any atom is 0.243 e. The van der Waals surface area contributed by atoms with Crippen LogP contribution in [0.25, 0.3) is 21.5 Å². The number of hydrogen-bond donors (Lipinski definition) is 1. The standard InChI is InChI=1S/C16H15ClN2O3S2/c17-16-4-3-15(23-16)14-10-11-9-12(1-2-13(11)18-14)24(20,21)19-5-7-22-8-6-19/h1-4,9-10,18H,5-8H2. The molecule has 3 aromatic rings. The predicted molar refractivity (Wildman–Crippen MR) is 96.2 cm³/mol. The second-order valence-electron chi connectivity index (χ2n) is 5.55. The van der Waals surface area contributed by atoms with E-state index in [1.54, 1.807) is 18.2 Å². The number of halogens is 1. The number of nitrogens with zero attached hydrogens (tertiary/aromatic N) is 1. The SMILES string of the molecule is O=S(=O)(c1ccc2[nH]c(-c3ccc(Cl)s3)cc2c1)N1CCOCC1. The van der Waals surface area contributed by atoms with Gasteiger partial charge in [0.15, 0.2) is 0 Å². The van der Waals surface area contributed by atoms with Gasteiger partial charge in [-0.05, 0) is 36.4 Å². The third kappa shape index (κ3) is 2.87. The molecule has 0 bridgehead atoms. The molecule has 0 unspecified atom stereocenters. The van der Waals surface area contributed by atoms with E-state index in [0.717, 1.165) is 25.8 Å². The molecule has 1 N–H and O–H groups in total. The molecule has 0 spiro atoms. The molecule has 1 aromatic carbocycles. The number of aromatic nitrogens is 1. The summed E-state index contributed by atoms with van der Waals surface area (Å²) in [4.78, 5) is 4.64. The molecule has 126 valence electrons. The van der Waals surface area contributed by atoms with Crippen LogP contribution in [0.5, 0.6) is 0 Å². The summed E-state index contributed by atoms with van der Waals surface area (Å²) in [6, 6.07) is 10.9. The number of fused-ring (bicyclic) bond motifs is 1. The number of benzene rings is 1. The van der Waals surface area contributed by atoms with Crippen LogP contribution in [-0.2, 0) is 14.8 Å². The van der Waals surface area contributed by atoms with Crippen LogP contribution in [0.3, 0.4) is 0 Å². The van der Waals surface area contributed by atoms with Gasteiger partial charge in [-0.15, -0.1) is 11.3 Å². The maximum atomic E-state index is 12.8. The van der Waals surface area contributed by atoms with Crippen molar-refractivity contribution < 1.29 is 13.2 Å². The van der Waals surface area contributed by atoms with Gasteiger partial charge >= 0.3 is 0 Å². The molecule has 0 radical (unpaired) electrons. The Bertz CT molecular complexity index is 988. The Hall–Kier alpha value is -1.38. The Morgan fingerprint density at radius 1 is 1.12 bits per heavy atom. The van der Waals surface area contributed by atoms with Gasteiger partial charge < -0.3 is 9.72 Å². The minimum atomic E-state index is -3.48. The first-order valence-corrected chi connectivity index (χ1v) is 10.1. The van der Waals surface area contributed by atoms with Crippen molar-refractivity contribution in [1.29, 1.82) is 0 Å². The number of rotatable bonds is 3. The number of thiophene rings is 1. The average Bonchev–Trinajstić information content (AvgIpc) is 3.20. The summed E-state index contributed by atoms with van der Waals surface area (Å²) in [7, 11) is -3.48. The fourth-order valence-electron chi connectivity index (χ4n) is 2.80. The highest BCUT2D eigenvalue weighted by Crippen LogP contribution is 2.33. The van der Waals surface area contributed by atoms with Crippen LogP contribution in [0.1, 0.15) is 0 Å². The number of H-pyrrole nitrogens is 1. The zero-order valence-electron chi connectivity index (χ0n) is 12.7. The quantitative estimate of drug-likeness (QED) is 0.753. The van der Waals surface area contributed by atoms with Crippen molar-refractivity contribution in [3.8, 4) is 10.6 Å². The van der Waals surface area contributed by atoms with E-state index in [0.29, 0.717) is 31.2 Å². The molecule has 1 aliphatic heterocycles. The second-order valence-corrected chi connectivity index (χ2v) is 9.21. The zero-order chi connectivity index (χ0) is 16.7. The molecule has 8 heteroatoms. The minimum absolute atomic E-state index is 0.312. The number of aromatic amines is 1. The van der Waals surface area contributed by atoms with E-state index in [2.05, 4.69) is 4.98 Å². The Kier molecular flexibility index (Phi) is 4.14. The highest BCUT2D eigenvalue weighted by Gasteiger charge is 2.26. The van der Waals surface area contributed by atoms with Gasteiger partial charge in [0, 0.05) is 24.0 Å². The zero-order valence-corrected chi connectivity index (χ0v) is 15.0. The lowest BCUT2D eigenvalue weighted by Crippen LogP contribution is -2.40. The summed E-state index contributed by atoms with van der Waals surface area (Å²) in [5.74, 6) is 0. The number of morpholine rings is 1. The minimum Gasteiger partial charge on any atom is -0.379 e. The first kappa shape index (κ1) is 16.1. The third-order valence-corrected chi connectivity index (χ3v) is 7.20. The molecule has 0 atom stereocenters. The van der Waals surface area contributed by atoms with E-state index < -0.39 is 10.0 Å². The van der Waals surface area contributed by atoms with Gasteiger partial charge in [-0.25, -0.2) is 8.42 Å². The molecule has 0 saturated carbocycles. The van der Waals surface area contributed by atoms with Crippen LogP contribution < -0.4 is 0 Å². The van der Waals surface area contributed by atoms with E-state index in [9.17, 15) is 8.42 Å². The molecule has 1 fully saturated rings. The van der Waals surface area contributed by atoms with E-state index in [1.165, 1.54) is 15.6 Å². The van der Waals surface area contributed by atoms with E-state index in [4.69, 9.17) is 16.3 Å². The molecule has 4 rings (SSSR count). The fraction of sp³-hybridized carbons (Fsp3) is 0.250. The Balaban J connectivity index is 1.72. The Morgan fingerprint density at radius 3 is 2.62 bits per heavy atom. The molecule has 24 heavy (non-hydrogen) atoms. The van der Waals surface area contributed by atoms with Crippen molar-refractivity contribution in [2.24, 2.45) is 0 Å². The lowest BCUT2D eigenvalue weighted by atomic mass is 10.2. The highest BCUT2D eigenvalue weighted by molar-refractivity contribution is 7.89. The molecular weight excluding hydrogens is 368 g/mol.